The van der Waals surface area contributed by atoms with Crippen molar-refractivity contribution in [3.8, 4) is 17.2 Å². The number of hydrogen-bond donors (Lipinski definition) is 1. The molecule has 1 aliphatic heterocycles. The SMILES string of the molecule is O=C(CCc1ccc(OC(F)F)cc1)NCc1cc(Cl)c2c(c1)OCCO2. The van der Waals surface area contributed by atoms with Gasteiger partial charge < -0.3 is 19.5 Å². The molecule has 144 valence electrons. The molecule has 1 heterocycles. The summed E-state index contributed by atoms with van der Waals surface area (Å²) in [5.74, 6) is 1.06. The second kappa shape index (κ2) is 8.90. The van der Waals surface area contributed by atoms with Crippen LogP contribution in [0.2, 0.25) is 5.02 Å². The summed E-state index contributed by atoms with van der Waals surface area (Å²) in [6, 6.07) is 9.75. The van der Waals surface area contributed by atoms with E-state index in [1.807, 2.05) is 0 Å². The molecule has 8 heteroatoms. The average Bonchev–Trinajstić information content (AvgIpc) is 2.65. The maximum atomic E-state index is 12.1. The number of nitrogens with one attached hydrogen (secondary N) is 1. The van der Waals surface area contributed by atoms with Gasteiger partial charge in [0.2, 0.25) is 5.91 Å². The molecule has 2 aromatic carbocycles. The maximum Gasteiger partial charge on any atom is 0.387 e. The van der Waals surface area contributed by atoms with Crippen LogP contribution in [0.4, 0.5) is 8.78 Å². The van der Waals surface area contributed by atoms with Gasteiger partial charge in [-0.15, -0.1) is 0 Å². The maximum absolute atomic E-state index is 12.1. The molecule has 0 saturated heterocycles. The van der Waals surface area contributed by atoms with E-state index in [0.29, 0.717) is 42.7 Å². The Morgan fingerprint density at radius 1 is 1.15 bits per heavy atom. The van der Waals surface area contributed by atoms with Gasteiger partial charge in [-0.05, 0) is 41.8 Å². The van der Waals surface area contributed by atoms with E-state index in [9.17, 15) is 13.6 Å². The van der Waals surface area contributed by atoms with Crippen molar-refractivity contribution in [2.24, 2.45) is 0 Å². The van der Waals surface area contributed by atoms with Crippen molar-refractivity contribution < 1.29 is 27.8 Å². The number of amides is 1. The van der Waals surface area contributed by atoms with E-state index < -0.39 is 6.61 Å². The third-order valence-electron chi connectivity index (χ3n) is 3.94. The van der Waals surface area contributed by atoms with Crippen molar-refractivity contribution in [2.45, 2.75) is 26.0 Å². The highest BCUT2D eigenvalue weighted by Gasteiger charge is 2.16. The van der Waals surface area contributed by atoms with Crippen LogP contribution in [0.1, 0.15) is 17.5 Å². The van der Waals surface area contributed by atoms with Crippen molar-refractivity contribution in [1.82, 2.24) is 5.32 Å². The van der Waals surface area contributed by atoms with Crippen LogP contribution in [0.25, 0.3) is 0 Å². The van der Waals surface area contributed by atoms with Crippen molar-refractivity contribution in [3.05, 3.63) is 52.5 Å². The van der Waals surface area contributed by atoms with Gasteiger partial charge in [-0.2, -0.15) is 8.78 Å². The Bertz CT molecular complexity index is 799. The van der Waals surface area contributed by atoms with E-state index in [1.54, 1.807) is 24.3 Å². The molecule has 0 aliphatic carbocycles. The summed E-state index contributed by atoms with van der Waals surface area (Å²) in [6.45, 7) is -1.62. The number of fused-ring (bicyclic) bond motifs is 1. The largest absolute Gasteiger partial charge is 0.486 e. The molecular weight excluding hydrogens is 380 g/mol. The molecule has 0 unspecified atom stereocenters. The van der Waals surface area contributed by atoms with Crippen LogP contribution in [0.5, 0.6) is 17.2 Å². The number of carbonyl (C=O) groups excluding carboxylic acids is 1. The molecule has 0 radical (unpaired) electrons. The first kappa shape index (κ1) is 19.2. The smallest absolute Gasteiger partial charge is 0.387 e. The Kier molecular flexibility index (Phi) is 6.34. The molecule has 0 saturated carbocycles. The molecule has 0 spiro atoms. The fraction of sp³-hybridized carbons (Fsp3) is 0.316. The van der Waals surface area contributed by atoms with Crippen molar-refractivity contribution in [2.75, 3.05) is 13.2 Å². The predicted octanol–water partition coefficient (Wildman–Crippen LogP) is 3.96. The van der Waals surface area contributed by atoms with E-state index in [4.69, 9.17) is 21.1 Å². The summed E-state index contributed by atoms with van der Waals surface area (Å²) in [4.78, 5) is 12.1. The summed E-state index contributed by atoms with van der Waals surface area (Å²) in [6.07, 6.45) is 0.760. The molecule has 0 bridgehead atoms. The second-order valence-corrected chi connectivity index (χ2v) is 6.31. The van der Waals surface area contributed by atoms with Gasteiger partial charge >= 0.3 is 6.61 Å². The number of halogens is 3. The Labute approximate surface area is 160 Å². The normalized spacial score (nSPS) is 12.7. The number of benzene rings is 2. The third kappa shape index (κ3) is 5.47. The highest BCUT2D eigenvalue weighted by molar-refractivity contribution is 6.32. The zero-order chi connectivity index (χ0) is 19.2. The lowest BCUT2D eigenvalue weighted by Crippen LogP contribution is -2.23. The molecule has 1 aliphatic rings. The molecule has 0 atom stereocenters. The molecule has 2 aromatic rings. The quantitative estimate of drug-likeness (QED) is 0.768. The zero-order valence-electron chi connectivity index (χ0n) is 14.3. The minimum atomic E-state index is -2.85. The van der Waals surface area contributed by atoms with E-state index in [0.717, 1.165) is 11.1 Å². The summed E-state index contributed by atoms with van der Waals surface area (Å²) in [5, 5.41) is 3.27. The average molecular weight is 398 g/mol. The Morgan fingerprint density at radius 2 is 1.89 bits per heavy atom. The van der Waals surface area contributed by atoms with Crippen LogP contribution in [-0.2, 0) is 17.8 Å². The van der Waals surface area contributed by atoms with E-state index in [-0.39, 0.29) is 18.1 Å². The lowest BCUT2D eigenvalue weighted by Gasteiger charge is -2.20. The van der Waals surface area contributed by atoms with Crippen molar-refractivity contribution in [3.63, 3.8) is 0 Å². The first-order chi connectivity index (χ1) is 13.0. The molecular formula is C19H18ClF2NO4. The van der Waals surface area contributed by atoms with Crippen LogP contribution in [0.3, 0.4) is 0 Å². The van der Waals surface area contributed by atoms with Gasteiger partial charge in [0.25, 0.3) is 0 Å². The van der Waals surface area contributed by atoms with Gasteiger partial charge in [0.15, 0.2) is 11.5 Å². The fourth-order valence-electron chi connectivity index (χ4n) is 2.65. The standard InChI is InChI=1S/C19H18ClF2NO4/c20-15-9-13(10-16-18(15)26-8-7-25-16)11-23-17(24)6-3-12-1-4-14(5-2-12)27-19(21)22/h1-2,4-5,9-10,19H,3,6-8,11H2,(H,23,24). The van der Waals surface area contributed by atoms with Crippen LogP contribution in [0.15, 0.2) is 36.4 Å². The summed E-state index contributed by atoms with van der Waals surface area (Å²) < 4.78 is 39.5. The third-order valence-corrected chi connectivity index (χ3v) is 4.22. The topological polar surface area (TPSA) is 56.8 Å². The number of ether oxygens (including phenoxy) is 3. The van der Waals surface area contributed by atoms with Gasteiger partial charge in [-0.3, -0.25) is 4.79 Å². The number of carbonyl (C=O) groups is 1. The summed E-state index contributed by atoms with van der Waals surface area (Å²) in [5.41, 5.74) is 1.67. The van der Waals surface area contributed by atoms with Crippen molar-refractivity contribution >= 4 is 17.5 Å². The number of alkyl halides is 2. The van der Waals surface area contributed by atoms with Crippen LogP contribution >= 0.6 is 11.6 Å². The lowest BCUT2D eigenvalue weighted by atomic mass is 10.1. The molecule has 3 rings (SSSR count). The first-order valence-electron chi connectivity index (χ1n) is 8.40. The Balaban J connectivity index is 1.48. The Hall–Kier alpha value is -2.54. The minimum Gasteiger partial charge on any atom is -0.486 e. The Morgan fingerprint density at radius 3 is 2.63 bits per heavy atom. The summed E-state index contributed by atoms with van der Waals surface area (Å²) >= 11 is 6.17. The highest BCUT2D eigenvalue weighted by Crippen LogP contribution is 2.38. The van der Waals surface area contributed by atoms with Crippen LogP contribution < -0.4 is 19.5 Å². The van der Waals surface area contributed by atoms with Gasteiger partial charge in [-0.25, -0.2) is 0 Å². The van der Waals surface area contributed by atoms with E-state index in [1.165, 1.54) is 12.1 Å². The highest BCUT2D eigenvalue weighted by atomic mass is 35.5. The molecule has 0 aromatic heterocycles. The first-order valence-corrected chi connectivity index (χ1v) is 8.77. The van der Waals surface area contributed by atoms with Crippen LogP contribution in [0, 0.1) is 0 Å². The van der Waals surface area contributed by atoms with E-state index >= 15 is 0 Å². The monoisotopic (exact) mass is 397 g/mol. The van der Waals surface area contributed by atoms with Crippen molar-refractivity contribution in [1.29, 1.82) is 0 Å². The van der Waals surface area contributed by atoms with Gasteiger partial charge in [-0.1, -0.05) is 23.7 Å². The predicted molar refractivity (Wildman–Crippen MR) is 95.7 cm³/mol. The molecule has 27 heavy (non-hydrogen) atoms. The zero-order valence-corrected chi connectivity index (χ0v) is 15.1. The van der Waals surface area contributed by atoms with Crippen LogP contribution in [-0.4, -0.2) is 25.7 Å². The fourth-order valence-corrected chi connectivity index (χ4v) is 2.94. The van der Waals surface area contributed by atoms with Gasteiger partial charge in [0, 0.05) is 13.0 Å². The molecule has 5 nitrogen and oxygen atoms in total. The molecule has 0 fully saturated rings. The summed E-state index contributed by atoms with van der Waals surface area (Å²) in [7, 11) is 0. The van der Waals surface area contributed by atoms with Gasteiger partial charge in [0.1, 0.15) is 19.0 Å². The number of aryl methyl sites for hydroxylation is 1. The van der Waals surface area contributed by atoms with E-state index in [2.05, 4.69) is 10.1 Å². The second-order valence-electron chi connectivity index (χ2n) is 5.90. The number of rotatable bonds is 7. The molecule has 1 N–H and O–H groups in total. The van der Waals surface area contributed by atoms with Gasteiger partial charge in [0.05, 0.1) is 5.02 Å². The minimum absolute atomic E-state index is 0.0914. The lowest BCUT2D eigenvalue weighted by molar-refractivity contribution is -0.121. The molecule has 1 amide bonds. The number of hydrogen-bond acceptors (Lipinski definition) is 4.